The standard InChI is InChI=1S/C23H16ClFN4O2/c1-31-23(30)16-6-15(10-26-11-16)13-2-3-20-17(7-13)22(28-12-27-20)29-5-4-14-8-19(25)18(24)9-21(14)29/h2-3,6-12H,4-5H2,1H3. The normalized spacial score (nSPS) is 12.8. The van der Waals surface area contributed by atoms with Crippen molar-refractivity contribution in [2.45, 2.75) is 6.42 Å². The summed E-state index contributed by atoms with van der Waals surface area (Å²) in [5.74, 6) is -0.155. The number of fused-ring (bicyclic) bond motifs is 2. The van der Waals surface area contributed by atoms with Crippen LogP contribution in [0.4, 0.5) is 15.9 Å². The molecule has 31 heavy (non-hydrogen) atoms. The molecule has 3 heterocycles. The van der Waals surface area contributed by atoms with Crippen molar-refractivity contribution >= 4 is 40.0 Å². The number of aromatic nitrogens is 3. The molecular weight excluding hydrogens is 419 g/mol. The third-order valence-corrected chi connectivity index (χ3v) is 5.67. The molecule has 0 atom stereocenters. The zero-order chi connectivity index (χ0) is 21.5. The van der Waals surface area contributed by atoms with E-state index in [-0.39, 0.29) is 5.02 Å². The lowest BCUT2D eigenvalue weighted by molar-refractivity contribution is 0.0600. The van der Waals surface area contributed by atoms with Gasteiger partial charge in [0, 0.05) is 35.6 Å². The number of methoxy groups -OCH3 is 1. The third-order valence-electron chi connectivity index (χ3n) is 5.38. The highest BCUT2D eigenvalue weighted by atomic mass is 35.5. The Labute approximate surface area is 182 Å². The fourth-order valence-corrected chi connectivity index (χ4v) is 4.02. The van der Waals surface area contributed by atoms with E-state index < -0.39 is 11.8 Å². The van der Waals surface area contributed by atoms with Crippen molar-refractivity contribution in [1.82, 2.24) is 15.0 Å². The van der Waals surface area contributed by atoms with Gasteiger partial charge in [-0.05, 0) is 47.9 Å². The van der Waals surface area contributed by atoms with Gasteiger partial charge in [-0.2, -0.15) is 0 Å². The van der Waals surface area contributed by atoms with E-state index in [1.807, 2.05) is 23.1 Å². The highest BCUT2D eigenvalue weighted by molar-refractivity contribution is 6.31. The summed E-state index contributed by atoms with van der Waals surface area (Å²) in [4.78, 5) is 27.0. The lowest BCUT2D eigenvalue weighted by atomic mass is 10.0. The van der Waals surface area contributed by atoms with Gasteiger partial charge in [0.05, 0.1) is 23.2 Å². The van der Waals surface area contributed by atoms with Gasteiger partial charge in [-0.3, -0.25) is 4.98 Å². The zero-order valence-corrected chi connectivity index (χ0v) is 17.2. The summed E-state index contributed by atoms with van der Waals surface area (Å²) >= 11 is 6.04. The molecule has 8 heteroatoms. The number of anilines is 2. The van der Waals surface area contributed by atoms with Crippen molar-refractivity contribution in [2.24, 2.45) is 0 Å². The van der Waals surface area contributed by atoms with Crippen LogP contribution >= 0.6 is 11.6 Å². The topological polar surface area (TPSA) is 68.2 Å². The lowest BCUT2D eigenvalue weighted by Gasteiger charge is -2.20. The van der Waals surface area contributed by atoms with Crippen molar-refractivity contribution in [3.05, 3.63) is 77.1 Å². The number of rotatable bonds is 3. The molecule has 1 aliphatic heterocycles. The first-order valence-electron chi connectivity index (χ1n) is 9.59. The maximum absolute atomic E-state index is 13.9. The molecule has 4 aromatic rings. The van der Waals surface area contributed by atoms with Gasteiger partial charge in [0.2, 0.25) is 0 Å². The largest absolute Gasteiger partial charge is 0.465 e. The highest BCUT2D eigenvalue weighted by Crippen LogP contribution is 2.39. The van der Waals surface area contributed by atoms with Crippen molar-refractivity contribution in [1.29, 1.82) is 0 Å². The number of pyridine rings is 1. The number of ether oxygens (including phenoxy) is 1. The number of hydrogen-bond acceptors (Lipinski definition) is 6. The number of benzene rings is 2. The van der Waals surface area contributed by atoms with E-state index in [4.69, 9.17) is 16.3 Å². The summed E-state index contributed by atoms with van der Waals surface area (Å²) in [6, 6.07) is 10.6. The van der Waals surface area contributed by atoms with Crippen LogP contribution in [0.2, 0.25) is 5.02 Å². The van der Waals surface area contributed by atoms with E-state index in [2.05, 4.69) is 15.0 Å². The minimum Gasteiger partial charge on any atom is -0.465 e. The summed E-state index contributed by atoms with van der Waals surface area (Å²) in [6.07, 6.45) is 5.36. The SMILES string of the molecule is COC(=O)c1cncc(-c2ccc3ncnc(N4CCc5cc(F)c(Cl)cc54)c3c2)c1. The Morgan fingerprint density at radius 1 is 1.13 bits per heavy atom. The second kappa shape index (κ2) is 7.59. The van der Waals surface area contributed by atoms with E-state index in [0.717, 1.165) is 33.3 Å². The maximum Gasteiger partial charge on any atom is 0.339 e. The second-order valence-electron chi connectivity index (χ2n) is 7.18. The van der Waals surface area contributed by atoms with Crippen LogP contribution < -0.4 is 4.90 Å². The van der Waals surface area contributed by atoms with E-state index in [1.54, 1.807) is 18.3 Å². The van der Waals surface area contributed by atoms with Crippen LogP contribution in [-0.4, -0.2) is 34.6 Å². The molecule has 154 valence electrons. The van der Waals surface area contributed by atoms with Crippen LogP contribution in [0.5, 0.6) is 0 Å². The molecule has 0 saturated carbocycles. The minimum atomic E-state index is -0.447. The first-order valence-corrected chi connectivity index (χ1v) is 9.97. The van der Waals surface area contributed by atoms with E-state index in [1.165, 1.54) is 25.7 Å². The van der Waals surface area contributed by atoms with Gasteiger partial charge in [0.25, 0.3) is 0 Å². The van der Waals surface area contributed by atoms with Gasteiger partial charge in [-0.15, -0.1) is 0 Å². The molecular formula is C23H16ClFN4O2. The molecule has 2 aromatic carbocycles. The van der Waals surface area contributed by atoms with Gasteiger partial charge >= 0.3 is 5.97 Å². The fourth-order valence-electron chi connectivity index (χ4n) is 3.87. The molecule has 0 fully saturated rings. The van der Waals surface area contributed by atoms with Crippen LogP contribution in [0.3, 0.4) is 0 Å². The summed E-state index contributed by atoms with van der Waals surface area (Å²) < 4.78 is 18.7. The minimum absolute atomic E-state index is 0.0791. The summed E-state index contributed by atoms with van der Waals surface area (Å²) in [5.41, 5.74) is 4.50. The molecule has 0 bridgehead atoms. The lowest BCUT2D eigenvalue weighted by Crippen LogP contribution is -2.15. The smallest absolute Gasteiger partial charge is 0.339 e. The van der Waals surface area contributed by atoms with Crippen LogP contribution in [0, 0.1) is 5.82 Å². The molecule has 5 rings (SSSR count). The Bertz CT molecular complexity index is 1340. The zero-order valence-electron chi connectivity index (χ0n) is 16.5. The molecule has 0 aliphatic carbocycles. The monoisotopic (exact) mass is 434 g/mol. The predicted molar refractivity (Wildman–Crippen MR) is 116 cm³/mol. The number of esters is 1. The highest BCUT2D eigenvalue weighted by Gasteiger charge is 2.25. The van der Waals surface area contributed by atoms with Gasteiger partial charge < -0.3 is 9.64 Å². The maximum atomic E-state index is 13.9. The van der Waals surface area contributed by atoms with Gasteiger partial charge in [0.15, 0.2) is 0 Å². The number of hydrogen-bond donors (Lipinski definition) is 0. The molecule has 0 spiro atoms. The molecule has 2 aromatic heterocycles. The number of halogens is 2. The second-order valence-corrected chi connectivity index (χ2v) is 7.59. The van der Waals surface area contributed by atoms with E-state index >= 15 is 0 Å². The number of nitrogens with zero attached hydrogens (tertiary/aromatic N) is 4. The Morgan fingerprint density at radius 3 is 2.84 bits per heavy atom. The molecule has 0 radical (unpaired) electrons. The summed E-state index contributed by atoms with van der Waals surface area (Å²) in [6.45, 7) is 0.658. The Morgan fingerprint density at radius 2 is 2.00 bits per heavy atom. The van der Waals surface area contributed by atoms with Crippen LogP contribution in [-0.2, 0) is 11.2 Å². The number of carbonyl (C=O) groups is 1. The Hall–Kier alpha value is -3.58. The summed E-state index contributed by atoms with van der Waals surface area (Å²) in [7, 11) is 1.33. The first-order chi connectivity index (χ1) is 15.0. The van der Waals surface area contributed by atoms with Crippen molar-refractivity contribution in [3.63, 3.8) is 0 Å². The van der Waals surface area contributed by atoms with Crippen molar-refractivity contribution < 1.29 is 13.9 Å². The summed E-state index contributed by atoms with van der Waals surface area (Å²) in [5, 5.41) is 0.909. The van der Waals surface area contributed by atoms with Crippen molar-refractivity contribution in [2.75, 3.05) is 18.6 Å². The average Bonchev–Trinajstić information content (AvgIpc) is 3.20. The van der Waals surface area contributed by atoms with Gasteiger partial charge in [-0.1, -0.05) is 17.7 Å². The molecule has 1 aliphatic rings. The molecule has 0 unspecified atom stereocenters. The predicted octanol–water partition coefficient (Wildman–Crippen LogP) is 4.97. The molecule has 0 amide bonds. The molecule has 6 nitrogen and oxygen atoms in total. The third kappa shape index (κ3) is 3.37. The van der Waals surface area contributed by atoms with Crippen molar-refractivity contribution in [3.8, 4) is 11.1 Å². The van der Waals surface area contributed by atoms with E-state index in [9.17, 15) is 9.18 Å². The molecule has 0 N–H and O–H groups in total. The first kappa shape index (κ1) is 19.4. The van der Waals surface area contributed by atoms with Crippen LogP contribution in [0.1, 0.15) is 15.9 Å². The average molecular weight is 435 g/mol. The Kier molecular flexibility index (Phi) is 4.75. The van der Waals surface area contributed by atoms with E-state index in [0.29, 0.717) is 24.3 Å². The van der Waals surface area contributed by atoms with Crippen LogP contribution in [0.15, 0.2) is 55.1 Å². The van der Waals surface area contributed by atoms with Crippen LogP contribution in [0.25, 0.3) is 22.0 Å². The van der Waals surface area contributed by atoms with Gasteiger partial charge in [0.1, 0.15) is 18.0 Å². The Balaban J connectivity index is 1.63. The molecule has 0 saturated heterocycles. The quantitative estimate of drug-likeness (QED) is 0.424. The fraction of sp³-hybridized carbons (Fsp3) is 0.130. The number of carbonyl (C=O) groups excluding carboxylic acids is 1. The van der Waals surface area contributed by atoms with Gasteiger partial charge in [-0.25, -0.2) is 19.2 Å².